The van der Waals surface area contributed by atoms with Crippen LogP contribution in [0.15, 0.2) is 9.98 Å². The molecule has 4 amide bonds. The van der Waals surface area contributed by atoms with Crippen LogP contribution >= 0.6 is 0 Å². The van der Waals surface area contributed by atoms with Crippen LogP contribution in [-0.4, -0.2) is 133 Å². The number of carbonyl (C=O) groups is 5. The SMILES string of the molecule is COC(=O)CCCCCCC(=O)N[C@@H](CCCN=C(N)N[N+](=O)[O-])C(=O)N[C@@H](CC(C)C)B1O[C@@H]2C[C@@H]3C[C@@H](C3(C)C)[C@]2(C)O1.[C-]#[N+]CCCCCCCCCCC(=O)N[C@@H](CCCN=C(N)N[N+](=O)[O-])C(=O)N[C@@H](CC(C)C)B(C)O. The van der Waals surface area contributed by atoms with Gasteiger partial charge in [-0.25, -0.2) is 36.8 Å². The van der Waals surface area contributed by atoms with Crippen LogP contribution in [0, 0.1) is 55.9 Å². The second-order valence-electron chi connectivity index (χ2n) is 23.8. The van der Waals surface area contributed by atoms with Crippen molar-refractivity contribution in [3.05, 3.63) is 31.6 Å². The fourth-order valence-electron chi connectivity index (χ4n) is 11.1. The summed E-state index contributed by atoms with van der Waals surface area (Å²) in [5, 5.41) is 41.1. The van der Waals surface area contributed by atoms with Gasteiger partial charge in [-0.2, -0.15) is 0 Å². The van der Waals surface area contributed by atoms with E-state index in [1.807, 2.05) is 13.8 Å². The number of unbranched alkanes of at least 4 members (excludes halogenated alkanes) is 10. The van der Waals surface area contributed by atoms with Gasteiger partial charge in [0.2, 0.25) is 30.2 Å². The van der Waals surface area contributed by atoms with Crippen molar-refractivity contribution >= 4 is 55.6 Å². The smallest absolute Gasteiger partial charge is 0.469 e. The van der Waals surface area contributed by atoms with Crippen molar-refractivity contribution in [2.45, 2.75) is 239 Å². The lowest BCUT2D eigenvalue weighted by Crippen LogP contribution is -2.65. The van der Waals surface area contributed by atoms with Crippen molar-refractivity contribution in [2.75, 3.05) is 26.7 Å². The number of guanidine groups is 2. The third-order valence-corrected chi connectivity index (χ3v) is 15.8. The van der Waals surface area contributed by atoms with Gasteiger partial charge in [-0.3, -0.25) is 24.0 Å². The van der Waals surface area contributed by atoms with E-state index in [4.69, 9.17) is 27.3 Å². The number of carbonyl (C=O) groups excluding carboxylic acids is 5. The van der Waals surface area contributed by atoms with E-state index < -0.39 is 53.7 Å². The zero-order valence-electron chi connectivity index (χ0n) is 50.5. The van der Waals surface area contributed by atoms with Crippen LogP contribution in [0.1, 0.15) is 196 Å². The van der Waals surface area contributed by atoms with E-state index in [0.717, 1.165) is 77.0 Å². The van der Waals surface area contributed by atoms with Crippen LogP contribution in [0.4, 0.5) is 0 Å². The number of nitrogens with one attached hydrogen (secondary N) is 6. The van der Waals surface area contributed by atoms with Crippen molar-refractivity contribution in [2.24, 2.45) is 50.5 Å². The Morgan fingerprint density at radius 2 is 1.20 bits per heavy atom. The zero-order chi connectivity index (χ0) is 61.4. The number of nitro groups is 2. The lowest BCUT2D eigenvalue weighted by molar-refractivity contribution is -0.525. The molecule has 11 N–H and O–H groups in total. The maximum atomic E-state index is 13.7. The van der Waals surface area contributed by atoms with E-state index in [2.05, 4.69) is 75.5 Å². The highest BCUT2D eigenvalue weighted by Crippen LogP contribution is 2.65. The van der Waals surface area contributed by atoms with Crippen molar-refractivity contribution in [1.82, 2.24) is 32.1 Å². The van der Waals surface area contributed by atoms with Crippen molar-refractivity contribution in [3.8, 4) is 0 Å². The molecular weight excluding hydrogens is 1060 g/mol. The molecule has 2 bridgehead atoms. The van der Waals surface area contributed by atoms with E-state index >= 15 is 0 Å². The van der Waals surface area contributed by atoms with E-state index in [1.54, 1.807) is 17.7 Å². The van der Waals surface area contributed by atoms with Crippen molar-refractivity contribution in [3.63, 3.8) is 0 Å². The summed E-state index contributed by atoms with van der Waals surface area (Å²) in [7, 11) is 0.763. The van der Waals surface area contributed by atoms with Crippen LogP contribution in [0.25, 0.3) is 4.85 Å². The van der Waals surface area contributed by atoms with Gasteiger partial charge in [-0.05, 0) is 113 Å². The Hall–Kier alpha value is -5.81. The molecule has 1 aliphatic heterocycles. The van der Waals surface area contributed by atoms with Gasteiger partial charge in [-0.15, -0.1) is 0 Å². The van der Waals surface area contributed by atoms with Gasteiger partial charge in [0, 0.05) is 44.7 Å². The molecule has 82 heavy (non-hydrogen) atoms. The quantitative estimate of drug-likeness (QED) is 0.00563. The minimum Gasteiger partial charge on any atom is -0.469 e. The average molecular weight is 1160 g/mol. The van der Waals surface area contributed by atoms with Crippen molar-refractivity contribution < 1.29 is 53.1 Å². The monoisotopic (exact) mass is 1160 g/mol. The van der Waals surface area contributed by atoms with Crippen LogP contribution in [0.5, 0.6) is 0 Å². The molecule has 3 aliphatic carbocycles. The minimum atomic E-state index is -0.850. The number of hydrogen-bond donors (Lipinski definition) is 9. The Labute approximate surface area is 486 Å². The molecule has 3 saturated carbocycles. The topological polar surface area (TPSA) is 373 Å². The van der Waals surface area contributed by atoms with E-state index in [-0.39, 0.29) is 97.2 Å². The summed E-state index contributed by atoms with van der Waals surface area (Å²) < 4.78 is 17.8. The summed E-state index contributed by atoms with van der Waals surface area (Å²) in [5.74, 6) is -1.44. The number of ether oxygens (including phenoxy) is 1. The van der Waals surface area contributed by atoms with Gasteiger partial charge < -0.3 is 56.6 Å². The van der Waals surface area contributed by atoms with Gasteiger partial charge >= 0.3 is 20.0 Å². The number of esters is 1. The molecule has 464 valence electrons. The van der Waals surface area contributed by atoms with Crippen LogP contribution in [-0.2, 0) is 38.0 Å². The van der Waals surface area contributed by atoms with Gasteiger partial charge in [0.05, 0.1) is 24.8 Å². The molecule has 0 spiro atoms. The Morgan fingerprint density at radius 1 is 0.732 bits per heavy atom. The first-order chi connectivity index (χ1) is 38.7. The molecule has 0 radical (unpaired) electrons. The molecule has 0 aromatic rings. The number of aliphatic imine (C=N–C) groups is 2. The summed E-state index contributed by atoms with van der Waals surface area (Å²) in [5.41, 5.74) is 14.3. The van der Waals surface area contributed by atoms with E-state index in [0.29, 0.717) is 69.7 Å². The first-order valence-corrected chi connectivity index (χ1v) is 29.8. The summed E-state index contributed by atoms with van der Waals surface area (Å²) in [6.07, 6.45) is 16.4. The third-order valence-electron chi connectivity index (χ3n) is 15.8. The molecule has 26 nitrogen and oxygen atoms in total. The summed E-state index contributed by atoms with van der Waals surface area (Å²) in [6, 6.07) is -1.66. The van der Waals surface area contributed by atoms with Gasteiger partial charge in [-0.1, -0.05) is 104 Å². The second kappa shape index (κ2) is 38.1. The summed E-state index contributed by atoms with van der Waals surface area (Å²) in [6.45, 7) is 23.4. The molecule has 8 atom stereocenters. The fourth-order valence-corrected chi connectivity index (χ4v) is 11.1. The molecular formula is C54H99B2N13O13. The average Bonchev–Trinajstić information content (AvgIpc) is 2.57. The second-order valence-corrected chi connectivity index (χ2v) is 23.8. The maximum absolute atomic E-state index is 13.7. The third kappa shape index (κ3) is 27.5. The molecule has 0 aromatic carbocycles. The largest absolute Gasteiger partial charge is 0.481 e. The van der Waals surface area contributed by atoms with E-state index in [1.165, 1.54) is 7.11 Å². The highest BCUT2D eigenvalue weighted by Gasteiger charge is 2.68. The summed E-state index contributed by atoms with van der Waals surface area (Å²) >= 11 is 0. The fraction of sp³-hybridized carbons (Fsp3) is 0.852. The number of hydrogen-bond acceptors (Lipinski definition) is 15. The zero-order valence-corrected chi connectivity index (χ0v) is 50.5. The minimum absolute atomic E-state index is 0.0231. The molecule has 1 saturated heterocycles. The predicted molar refractivity (Wildman–Crippen MR) is 315 cm³/mol. The molecule has 4 rings (SSSR count). The number of nitrogens with two attached hydrogens (primary N) is 2. The number of hydrazine groups is 2. The van der Waals surface area contributed by atoms with Gasteiger partial charge in [0.25, 0.3) is 11.9 Å². The van der Waals surface area contributed by atoms with E-state index in [9.17, 15) is 49.2 Å². The number of nitrogens with zero attached hydrogens (tertiary/aromatic N) is 5. The Balaban J connectivity index is 0.000000573. The normalized spacial score (nSPS) is 20.3. The van der Waals surface area contributed by atoms with Crippen LogP contribution in [0.2, 0.25) is 6.82 Å². The van der Waals surface area contributed by atoms with Crippen LogP contribution < -0.4 is 43.6 Å². The number of methoxy groups -OCH3 is 1. The number of rotatable bonds is 39. The maximum Gasteiger partial charge on any atom is 0.481 e. The lowest BCUT2D eigenvalue weighted by Gasteiger charge is -2.64. The highest BCUT2D eigenvalue weighted by molar-refractivity contribution is 6.51. The summed E-state index contributed by atoms with van der Waals surface area (Å²) in [4.78, 5) is 95.6. The Morgan fingerprint density at radius 3 is 1.63 bits per heavy atom. The molecule has 4 fully saturated rings. The van der Waals surface area contributed by atoms with Gasteiger partial charge in [0.15, 0.2) is 10.1 Å². The molecule has 1 heterocycles. The predicted octanol–water partition coefficient (Wildman–Crippen LogP) is 5.12. The Kier molecular flexibility index (Phi) is 33.6. The van der Waals surface area contributed by atoms with Crippen molar-refractivity contribution in [1.29, 1.82) is 0 Å². The highest BCUT2D eigenvalue weighted by atomic mass is 16.7. The first kappa shape index (κ1) is 72.3. The first-order valence-electron chi connectivity index (χ1n) is 29.8. The van der Waals surface area contributed by atoms with Gasteiger partial charge in [0.1, 0.15) is 12.1 Å². The molecule has 4 aliphatic rings. The standard InChI is InChI=1S/C30H53BN6O8.C24H46BN7O5/c1-19(2)16-24(31-44-23-18-20-17-22(29(20,3)4)30(23,5)45-31)35-27(40)21(12-11-15-33-28(32)36-37(41)42)34-25(38)13-9-7-8-10-14-26(39)43-6;1-19(2)18-21(25(3)35)30-23(34)20(14-13-17-28-24(26)31-32(36)37)29-22(33)15-11-9-7-5-6-8-10-12-16-27-4/h19-24H,7-18H2,1-6H3,(H,34,38)(H,35,40)(H3,32,33,36);19-21,35H,5-18H2,1-3H3,(H,29,33)(H,30,34)(H3,26,28,31)/t20-,21-,22-,23+,24-,30-;20-,21-/m00/s1. The Bertz CT molecular complexity index is 2120. The van der Waals surface area contributed by atoms with Crippen LogP contribution in [0.3, 0.4) is 0 Å². The number of amides is 4. The molecule has 0 aromatic heterocycles. The molecule has 28 heteroatoms. The lowest BCUT2D eigenvalue weighted by atomic mass is 9.43. The molecule has 0 unspecified atom stereocenters.